The molecule has 30 heavy (non-hydrogen) atoms. The van der Waals surface area contributed by atoms with Crippen LogP contribution in [-0.2, 0) is 13.2 Å². The normalized spacial score (nSPS) is 19.9. The minimum absolute atomic E-state index is 0.0257. The second kappa shape index (κ2) is 7.23. The maximum absolute atomic E-state index is 14.6. The van der Waals surface area contributed by atoms with Crippen molar-refractivity contribution in [3.63, 3.8) is 0 Å². The topological polar surface area (TPSA) is 115 Å². The Morgan fingerprint density at radius 1 is 1.37 bits per heavy atom. The van der Waals surface area contributed by atoms with Crippen LogP contribution in [0.4, 0.5) is 29.1 Å². The number of hydrogen-bond acceptors (Lipinski definition) is 6. The summed E-state index contributed by atoms with van der Waals surface area (Å²) < 4.78 is 56.6. The Kier molecular flexibility index (Phi) is 4.84. The predicted octanol–water partition coefficient (Wildman–Crippen LogP) is 1.73. The molecule has 0 radical (unpaired) electrons. The molecular formula is C17H18F4N8O. The monoisotopic (exact) mass is 426 g/mol. The van der Waals surface area contributed by atoms with Crippen molar-refractivity contribution >= 4 is 23.1 Å². The number of nitrogen functional groups attached to an aromatic ring is 1. The molecule has 0 saturated carbocycles. The zero-order valence-corrected chi connectivity index (χ0v) is 15.7. The Labute approximate surface area is 167 Å². The second-order valence-electron chi connectivity index (χ2n) is 7.01. The summed E-state index contributed by atoms with van der Waals surface area (Å²) in [6.45, 7) is 0.698. The predicted molar refractivity (Wildman–Crippen MR) is 98.7 cm³/mol. The molecule has 0 aliphatic carbocycles. The number of aryl methyl sites for hydroxylation is 1. The largest absolute Gasteiger partial charge is 0.437 e. The van der Waals surface area contributed by atoms with Gasteiger partial charge in [0.05, 0.1) is 11.4 Å². The quantitative estimate of drug-likeness (QED) is 0.550. The highest BCUT2D eigenvalue weighted by molar-refractivity contribution is 6.09. The number of nitrogens with two attached hydrogens (primary N) is 1. The van der Waals surface area contributed by atoms with Gasteiger partial charge in [0, 0.05) is 31.9 Å². The standard InChI is InChI=1S/C17H18F4N8O/c1-28-7-10(14(27-28)17(19,20)21)24-16(30)12-13(8-6-23-4-2-9(8)18)26-29-5-3-11(22)25-15(12)29/h3,5,7-9,23H,2,4,6H2,1H3,(H2,22,25)(H,24,30). The van der Waals surface area contributed by atoms with E-state index in [4.69, 9.17) is 5.73 Å². The first-order chi connectivity index (χ1) is 14.1. The molecule has 0 bridgehead atoms. The molecule has 0 spiro atoms. The van der Waals surface area contributed by atoms with Crippen LogP contribution < -0.4 is 16.4 Å². The van der Waals surface area contributed by atoms with Gasteiger partial charge in [0.25, 0.3) is 5.91 Å². The first-order valence-corrected chi connectivity index (χ1v) is 9.07. The lowest BCUT2D eigenvalue weighted by atomic mass is 9.91. The fourth-order valence-corrected chi connectivity index (χ4v) is 3.51. The summed E-state index contributed by atoms with van der Waals surface area (Å²) in [6, 6.07) is 1.44. The number of hydrogen-bond donors (Lipinski definition) is 3. The zero-order valence-electron chi connectivity index (χ0n) is 15.7. The number of carbonyl (C=O) groups is 1. The Morgan fingerprint density at radius 3 is 2.83 bits per heavy atom. The summed E-state index contributed by atoms with van der Waals surface area (Å²) in [5.41, 5.74) is 3.94. The molecule has 1 saturated heterocycles. The van der Waals surface area contributed by atoms with E-state index >= 15 is 0 Å². The summed E-state index contributed by atoms with van der Waals surface area (Å²) in [6.07, 6.45) is -3.34. The van der Waals surface area contributed by atoms with Gasteiger partial charge in [0.2, 0.25) is 0 Å². The molecule has 1 fully saturated rings. The van der Waals surface area contributed by atoms with Gasteiger partial charge < -0.3 is 16.4 Å². The van der Waals surface area contributed by atoms with Crippen LogP contribution in [-0.4, -0.2) is 49.5 Å². The minimum atomic E-state index is -4.77. The lowest BCUT2D eigenvalue weighted by molar-refractivity contribution is -0.140. The van der Waals surface area contributed by atoms with Crippen molar-refractivity contribution in [1.29, 1.82) is 0 Å². The Hall–Kier alpha value is -3.22. The molecular weight excluding hydrogens is 408 g/mol. The van der Waals surface area contributed by atoms with E-state index in [9.17, 15) is 22.4 Å². The molecule has 160 valence electrons. The van der Waals surface area contributed by atoms with Gasteiger partial charge in [0.1, 0.15) is 17.6 Å². The van der Waals surface area contributed by atoms with Crippen molar-refractivity contribution in [3.8, 4) is 0 Å². The number of aromatic nitrogens is 5. The van der Waals surface area contributed by atoms with Crippen LogP contribution in [0.15, 0.2) is 18.5 Å². The van der Waals surface area contributed by atoms with Gasteiger partial charge >= 0.3 is 6.18 Å². The van der Waals surface area contributed by atoms with Crippen molar-refractivity contribution in [3.05, 3.63) is 35.4 Å². The number of carbonyl (C=O) groups excluding carboxylic acids is 1. The molecule has 4 heterocycles. The Bertz CT molecular complexity index is 1110. The van der Waals surface area contributed by atoms with Crippen molar-refractivity contribution in [2.75, 3.05) is 24.1 Å². The third kappa shape index (κ3) is 3.56. The third-order valence-electron chi connectivity index (χ3n) is 4.86. The molecule has 0 aromatic carbocycles. The van der Waals surface area contributed by atoms with Crippen molar-refractivity contribution in [2.45, 2.75) is 24.7 Å². The smallest absolute Gasteiger partial charge is 0.384 e. The fourth-order valence-electron chi connectivity index (χ4n) is 3.51. The van der Waals surface area contributed by atoms with Crippen LogP contribution in [0, 0.1) is 0 Å². The molecule has 4 rings (SSSR count). The van der Waals surface area contributed by atoms with Crippen LogP contribution >= 0.6 is 0 Å². The molecule has 9 nitrogen and oxygen atoms in total. The minimum Gasteiger partial charge on any atom is -0.384 e. The summed E-state index contributed by atoms with van der Waals surface area (Å²) in [5.74, 6) is -1.59. The van der Waals surface area contributed by atoms with E-state index < -0.39 is 35.6 Å². The van der Waals surface area contributed by atoms with Gasteiger partial charge in [-0.25, -0.2) is 13.9 Å². The number of fused-ring (bicyclic) bond motifs is 1. The number of anilines is 2. The second-order valence-corrected chi connectivity index (χ2v) is 7.01. The highest BCUT2D eigenvalue weighted by Gasteiger charge is 2.39. The van der Waals surface area contributed by atoms with Crippen molar-refractivity contribution in [1.82, 2.24) is 29.7 Å². The third-order valence-corrected chi connectivity index (χ3v) is 4.86. The fraction of sp³-hybridized carbons (Fsp3) is 0.412. The number of nitrogens with one attached hydrogen (secondary N) is 2. The lowest BCUT2D eigenvalue weighted by Crippen LogP contribution is -2.37. The van der Waals surface area contributed by atoms with E-state index in [1.54, 1.807) is 0 Å². The highest BCUT2D eigenvalue weighted by atomic mass is 19.4. The molecule has 3 aromatic rings. The van der Waals surface area contributed by atoms with E-state index in [0.29, 0.717) is 6.54 Å². The highest BCUT2D eigenvalue weighted by Crippen LogP contribution is 2.35. The molecule has 13 heteroatoms. The number of rotatable bonds is 3. The number of nitrogens with zero attached hydrogens (tertiary/aromatic N) is 5. The van der Waals surface area contributed by atoms with E-state index in [0.717, 1.165) is 10.9 Å². The van der Waals surface area contributed by atoms with Crippen LogP contribution in [0.5, 0.6) is 0 Å². The Balaban J connectivity index is 1.80. The van der Waals surface area contributed by atoms with Crippen LogP contribution in [0.25, 0.3) is 5.65 Å². The number of piperidine rings is 1. The van der Waals surface area contributed by atoms with Crippen LogP contribution in [0.2, 0.25) is 0 Å². The summed E-state index contributed by atoms with van der Waals surface area (Å²) in [4.78, 5) is 17.2. The summed E-state index contributed by atoms with van der Waals surface area (Å²) >= 11 is 0. The first kappa shape index (κ1) is 20.1. The van der Waals surface area contributed by atoms with Gasteiger partial charge in [-0.1, -0.05) is 0 Å². The van der Waals surface area contributed by atoms with Gasteiger partial charge in [-0.2, -0.15) is 23.4 Å². The molecule has 1 amide bonds. The van der Waals surface area contributed by atoms with E-state index in [2.05, 4.69) is 25.8 Å². The van der Waals surface area contributed by atoms with Gasteiger partial charge in [-0.15, -0.1) is 0 Å². The lowest BCUT2D eigenvalue weighted by Gasteiger charge is -2.25. The number of halogens is 4. The Morgan fingerprint density at radius 2 is 2.13 bits per heavy atom. The summed E-state index contributed by atoms with van der Waals surface area (Å²) in [5, 5.41) is 12.9. The maximum atomic E-state index is 14.6. The molecule has 1 aliphatic heterocycles. The molecule has 3 aromatic heterocycles. The van der Waals surface area contributed by atoms with Crippen LogP contribution in [0.1, 0.15) is 34.1 Å². The number of amides is 1. The molecule has 2 unspecified atom stereocenters. The van der Waals surface area contributed by atoms with E-state index in [1.165, 1.54) is 23.8 Å². The van der Waals surface area contributed by atoms with Gasteiger partial charge in [-0.05, 0) is 19.0 Å². The van der Waals surface area contributed by atoms with Gasteiger partial charge in [0.15, 0.2) is 11.3 Å². The van der Waals surface area contributed by atoms with Crippen molar-refractivity contribution in [2.24, 2.45) is 7.05 Å². The SMILES string of the molecule is Cn1cc(NC(=O)c2c(C3CNCCC3F)nn3ccc(N)nc23)c(C(F)(F)F)n1. The van der Waals surface area contributed by atoms with Crippen molar-refractivity contribution < 1.29 is 22.4 Å². The van der Waals surface area contributed by atoms with Crippen LogP contribution in [0.3, 0.4) is 0 Å². The van der Waals surface area contributed by atoms with E-state index in [1.807, 2.05) is 0 Å². The van der Waals surface area contributed by atoms with Gasteiger partial charge in [-0.3, -0.25) is 9.48 Å². The molecule has 4 N–H and O–H groups in total. The zero-order chi connectivity index (χ0) is 21.6. The number of alkyl halides is 4. The average molecular weight is 426 g/mol. The molecule has 2 atom stereocenters. The average Bonchev–Trinajstić information content (AvgIpc) is 3.21. The summed E-state index contributed by atoms with van der Waals surface area (Å²) in [7, 11) is 1.30. The van der Waals surface area contributed by atoms with E-state index in [-0.39, 0.29) is 35.7 Å². The maximum Gasteiger partial charge on any atom is 0.437 e. The molecule has 1 aliphatic rings. The first-order valence-electron chi connectivity index (χ1n) is 9.07.